The maximum Gasteiger partial charge on any atom is 0.0411 e. The zero-order valence-electron chi connectivity index (χ0n) is 13.7. The van der Waals surface area contributed by atoms with Crippen LogP contribution in [0.25, 0.3) is 11.6 Å². The molecule has 1 heteroatoms. The fraction of sp³-hybridized carbons (Fsp3) is 0.130. The summed E-state index contributed by atoms with van der Waals surface area (Å²) in [5.74, 6) is 0. The Morgan fingerprint density at radius 2 is 1.62 bits per heavy atom. The third kappa shape index (κ3) is 2.79. The van der Waals surface area contributed by atoms with E-state index >= 15 is 0 Å². The normalized spacial score (nSPS) is 14.8. The van der Waals surface area contributed by atoms with Gasteiger partial charge in [0, 0.05) is 5.02 Å². The first-order valence-corrected chi connectivity index (χ1v) is 8.74. The molecule has 0 aliphatic heterocycles. The molecule has 0 bridgehead atoms. The van der Waals surface area contributed by atoms with E-state index in [1.54, 1.807) is 0 Å². The van der Waals surface area contributed by atoms with Crippen molar-refractivity contribution in [3.63, 3.8) is 0 Å². The van der Waals surface area contributed by atoms with Crippen LogP contribution in [0.15, 0.2) is 66.7 Å². The molecular formula is C23H19Cl. The van der Waals surface area contributed by atoms with Crippen molar-refractivity contribution < 1.29 is 0 Å². The van der Waals surface area contributed by atoms with E-state index in [-0.39, 0.29) is 0 Å². The highest BCUT2D eigenvalue weighted by molar-refractivity contribution is 6.30. The first-order chi connectivity index (χ1) is 11.7. The van der Waals surface area contributed by atoms with Gasteiger partial charge in [-0.2, -0.15) is 0 Å². The van der Waals surface area contributed by atoms with Crippen LogP contribution in [0, 0.1) is 6.92 Å². The number of hydrogen-bond donors (Lipinski definition) is 0. The summed E-state index contributed by atoms with van der Waals surface area (Å²) in [4.78, 5) is 0. The molecule has 0 heterocycles. The third-order valence-corrected chi connectivity index (χ3v) is 5.05. The van der Waals surface area contributed by atoms with Crippen molar-refractivity contribution in [2.75, 3.05) is 0 Å². The number of halogens is 1. The summed E-state index contributed by atoms with van der Waals surface area (Å²) in [6, 6.07) is 23.5. The molecule has 3 aromatic carbocycles. The maximum absolute atomic E-state index is 6.19. The van der Waals surface area contributed by atoms with Gasteiger partial charge in [0.15, 0.2) is 0 Å². The van der Waals surface area contributed by atoms with Crippen molar-refractivity contribution in [2.45, 2.75) is 19.8 Å². The lowest BCUT2D eigenvalue weighted by molar-refractivity contribution is 0.954. The van der Waals surface area contributed by atoms with Crippen LogP contribution in [0.5, 0.6) is 0 Å². The van der Waals surface area contributed by atoms with Gasteiger partial charge in [0.05, 0.1) is 0 Å². The second kappa shape index (κ2) is 6.30. The molecule has 0 atom stereocenters. The fourth-order valence-electron chi connectivity index (χ4n) is 3.61. The molecular weight excluding hydrogens is 312 g/mol. The van der Waals surface area contributed by atoms with Crippen LogP contribution < -0.4 is 0 Å². The molecule has 4 rings (SSSR count). The Labute approximate surface area is 148 Å². The monoisotopic (exact) mass is 330 g/mol. The van der Waals surface area contributed by atoms with Crippen LogP contribution in [-0.2, 0) is 12.8 Å². The Bertz CT molecular complexity index is 934. The van der Waals surface area contributed by atoms with Crippen molar-refractivity contribution in [3.8, 4) is 0 Å². The molecule has 0 amide bonds. The molecule has 0 unspecified atom stereocenters. The van der Waals surface area contributed by atoms with Crippen molar-refractivity contribution in [1.29, 1.82) is 0 Å². The molecule has 0 spiro atoms. The van der Waals surface area contributed by atoms with E-state index in [9.17, 15) is 0 Å². The second-order valence-electron chi connectivity index (χ2n) is 6.37. The average Bonchev–Trinajstić information content (AvgIpc) is 2.74. The van der Waals surface area contributed by atoms with E-state index in [1.807, 2.05) is 18.2 Å². The van der Waals surface area contributed by atoms with Crippen LogP contribution in [0.2, 0.25) is 5.02 Å². The van der Waals surface area contributed by atoms with Gasteiger partial charge >= 0.3 is 0 Å². The Hall–Kier alpha value is -2.31. The fourth-order valence-corrected chi connectivity index (χ4v) is 3.81. The Morgan fingerprint density at radius 1 is 0.833 bits per heavy atom. The standard InChI is InChI=1S/C23H19Cl/c1-16-6-4-11-22-20(16)13-12-18-8-2-3-10-21(18)23(22)15-17-7-5-9-19(24)14-17/h2-11,14-15H,12-13H2,1H3/b23-15-. The third-order valence-electron chi connectivity index (χ3n) is 4.81. The molecule has 1 aliphatic carbocycles. The first kappa shape index (κ1) is 15.2. The van der Waals surface area contributed by atoms with Crippen LogP contribution in [0.3, 0.4) is 0 Å². The number of benzene rings is 3. The summed E-state index contributed by atoms with van der Waals surface area (Å²) >= 11 is 6.19. The molecule has 118 valence electrons. The summed E-state index contributed by atoms with van der Waals surface area (Å²) in [7, 11) is 0. The Balaban J connectivity index is 1.99. The lowest BCUT2D eigenvalue weighted by Crippen LogP contribution is -1.95. The van der Waals surface area contributed by atoms with Gasteiger partial charge in [-0.05, 0) is 76.9 Å². The zero-order valence-corrected chi connectivity index (χ0v) is 14.5. The molecule has 3 aromatic rings. The Morgan fingerprint density at radius 3 is 2.50 bits per heavy atom. The zero-order chi connectivity index (χ0) is 16.5. The summed E-state index contributed by atoms with van der Waals surface area (Å²) in [6.07, 6.45) is 4.45. The van der Waals surface area contributed by atoms with Crippen LogP contribution in [-0.4, -0.2) is 0 Å². The van der Waals surface area contributed by atoms with Crippen LogP contribution in [0.4, 0.5) is 0 Å². The lowest BCUT2D eigenvalue weighted by atomic mass is 9.91. The van der Waals surface area contributed by atoms with Gasteiger partial charge in [-0.3, -0.25) is 0 Å². The van der Waals surface area contributed by atoms with Crippen LogP contribution >= 0.6 is 11.6 Å². The van der Waals surface area contributed by atoms with E-state index in [1.165, 1.54) is 33.4 Å². The smallest absolute Gasteiger partial charge is 0.0411 e. The second-order valence-corrected chi connectivity index (χ2v) is 6.81. The van der Waals surface area contributed by atoms with Gasteiger partial charge in [-0.25, -0.2) is 0 Å². The van der Waals surface area contributed by atoms with Gasteiger partial charge in [-0.1, -0.05) is 66.2 Å². The highest BCUT2D eigenvalue weighted by atomic mass is 35.5. The Kier molecular flexibility index (Phi) is 4.00. The summed E-state index contributed by atoms with van der Waals surface area (Å²) in [6.45, 7) is 2.21. The molecule has 0 nitrogen and oxygen atoms in total. The van der Waals surface area contributed by atoms with E-state index in [0.29, 0.717) is 0 Å². The summed E-state index contributed by atoms with van der Waals surface area (Å²) < 4.78 is 0. The van der Waals surface area contributed by atoms with Gasteiger partial charge in [0.2, 0.25) is 0 Å². The number of fused-ring (bicyclic) bond motifs is 2. The van der Waals surface area contributed by atoms with Gasteiger partial charge in [-0.15, -0.1) is 0 Å². The van der Waals surface area contributed by atoms with E-state index in [2.05, 4.69) is 61.5 Å². The number of aryl methyl sites for hydroxylation is 2. The highest BCUT2D eigenvalue weighted by Crippen LogP contribution is 2.36. The molecule has 0 fully saturated rings. The average molecular weight is 331 g/mol. The first-order valence-electron chi connectivity index (χ1n) is 8.37. The van der Waals surface area contributed by atoms with Crippen molar-refractivity contribution in [2.24, 2.45) is 0 Å². The molecule has 0 N–H and O–H groups in total. The minimum Gasteiger partial charge on any atom is -0.0843 e. The molecule has 0 saturated carbocycles. The highest BCUT2D eigenvalue weighted by Gasteiger charge is 2.18. The molecule has 1 aliphatic rings. The van der Waals surface area contributed by atoms with E-state index < -0.39 is 0 Å². The number of rotatable bonds is 1. The SMILES string of the molecule is Cc1cccc2c1CCc1ccccc1/C2=C/c1cccc(Cl)c1. The maximum atomic E-state index is 6.19. The topological polar surface area (TPSA) is 0 Å². The number of hydrogen-bond acceptors (Lipinski definition) is 0. The van der Waals surface area contributed by atoms with Gasteiger partial charge in [0.25, 0.3) is 0 Å². The molecule has 0 saturated heterocycles. The predicted molar refractivity (Wildman–Crippen MR) is 103 cm³/mol. The van der Waals surface area contributed by atoms with Crippen LogP contribution in [0.1, 0.15) is 33.4 Å². The van der Waals surface area contributed by atoms with Crippen molar-refractivity contribution in [1.82, 2.24) is 0 Å². The minimum absolute atomic E-state index is 0.774. The largest absolute Gasteiger partial charge is 0.0843 e. The quantitative estimate of drug-likeness (QED) is 0.488. The minimum atomic E-state index is 0.774. The summed E-state index contributed by atoms with van der Waals surface area (Å²) in [5.41, 5.74) is 9.37. The predicted octanol–water partition coefficient (Wildman–Crippen LogP) is 6.34. The molecule has 24 heavy (non-hydrogen) atoms. The van der Waals surface area contributed by atoms with Crippen molar-refractivity contribution in [3.05, 3.63) is 105 Å². The molecule has 0 aromatic heterocycles. The lowest BCUT2D eigenvalue weighted by Gasteiger charge is -2.13. The van der Waals surface area contributed by atoms with Crippen molar-refractivity contribution >= 4 is 23.3 Å². The summed E-state index contributed by atoms with van der Waals surface area (Å²) in [5, 5.41) is 0.774. The van der Waals surface area contributed by atoms with E-state index in [0.717, 1.165) is 23.4 Å². The van der Waals surface area contributed by atoms with E-state index in [4.69, 9.17) is 11.6 Å². The van der Waals surface area contributed by atoms with Gasteiger partial charge in [0.1, 0.15) is 0 Å². The van der Waals surface area contributed by atoms with Gasteiger partial charge < -0.3 is 0 Å². The molecule has 0 radical (unpaired) electrons.